The molecule has 0 spiro atoms. The Bertz CT molecular complexity index is 880. The highest BCUT2D eigenvalue weighted by molar-refractivity contribution is 6.04. The van der Waals surface area contributed by atoms with E-state index in [2.05, 4.69) is 16.6 Å². The second-order valence-corrected chi connectivity index (χ2v) is 6.56. The minimum absolute atomic E-state index is 0.00169. The Balaban J connectivity index is 2.43. The number of methoxy groups -OCH3 is 3. The molecule has 0 unspecified atom stereocenters. The molecular weight excluding hydrogens is 408 g/mol. The van der Waals surface area contributed by atoms with Gasteiger partial charge in [-0.3, -0.25) is 14.9 Å². The summed E-state index contributed by atoms with van der Waals surface area (Å²) in [4.78, 5) is 38.3. The van der Waals surface area contributed by atoms with Gasteiger partial charge in [-0.2, -0.15) is 0 Å². The van der Waals surface area contributed by atoms with E-state index in [1.807, 2.05) is 0 Å². The number of nitrogens with zero attached hydrogens (tertiary/aromatic N) is 1. The molecule has 1 aromatic rings. The fourth-order valence-corrected chi connectivity index (χ4v) is 3.09. The fraction of sp³-hybridized carbons (Fsp3) is 0.381. The van der Waals surface area contributed by atoms with Crippen molar-refractivity contribution in [2.24, 2.45) is 0 Å². The number of aliphatic hydroxyl groups excluding tert-OH is 1. The molecule has 2 rings (SSSR count). The fourth-order valence-electron chi connectivity index (χ4n) is 3.09. The van der Waals surface area contributed by atoms with Gasteiger partial charge in [-0.05, 0) is 18.1 Å². The summed E-state index contributed by atoms with van der Waals surface area (Å²) in [5, 5.41) is 12.3. The average Bonchev–Trinajstić information content (AvgIpc) is 3.19. The number of carbonyl (C=O) groups excluding carboxylic acids is 3. The lowest BCUT2D eigenvalue weighted by atomic mass is 10.1. The number of aliphatic hydroxyl groups is 1. The summed E-state index contributed by atoms with van der Waals surface area (Å²) in [7, 11) is 4.11. The van der Waals surface area contributed by atoms with E-state index < -0.39 is 24.0 Å². The molecule has 31 heavy (non-hydrogen) atoms. The Labute approximate surface area is 180 Å². The Morgan fingerprint density at radius 1 is 1.23 bits per heavy atom. The number of hydrogen-bond donors (Lipinski definition) is 2. The average molecular weight is 434 g/mol. The van der Waals surface area contributed by atoms with Crippen molar-refractivity contribution in [3.8, 4) is 11.5 Å². The Hall–Kier alpha value is -3.53. The van der Waals surface area contributed by atoms with E-state index in [1.165, 1.54) is 50.6 Å². The molecule has 10 heteroatoms. The minimum Gasteiger partial charge on any atom is -0.493 e. The third-order valence-electron chi connectivity index (χ3n) is 4.58. The number of nitrogens with one attached hydrogen (secondary N) is 1. The van der Waals surface area contributed by atoms with Crippen LogP contribution in [0.1, 0.15) is 23.2 Å². The zero-order valence-corrected chi connectivity index (χ0v) is 17.7. The van der Waals surface area contributed by atoms with Crippen LogP contribution in [0, 0.1) is 0 Å². The van der Waals surface area contributed by atoms with E-state index >= 15 is 0 Å². The number of hydrogen-bond acceptors (Lipinski definition) is 8. The second-order valence-electron chi connectivity index (χ2n) is 6.56. The Morgan fingerprint density at radius 3 is 2.48 bits per heavy atom. The highest BCUT2D eigenvalue weighted by Crippen LogP contribution is 2.36. The summed E-state index contributed by atoms with van der Waals surface area (Å²) in [6.45, 7) is 3.15. The number of amides is 2. The van der Waals surface area contributed by atoms with Crippen LogP contribution in [-0.4, -0.2) is 68.6 Å². The van der Waals surface area contributed by atoms with Crippen LogP contribution in [0.4, 0.5) is 10.5 Å². The highest BCUT2D eigenvalue weighted by atomic mass is 16.5. The monoisotopic (exact) mass is 434 g/mol. The minimum atomic E-state index is -0.789. The molecule has 0 aliphatic carbocycles. The van der Waals surface area contributed by atoms with Gasteiger partial charge in [-0.1, -0.05) is 12.7 Å². The molecule has 10 nitrogen and oxygen atoms in total. The van der Waals surface area contributed by atoms with Crippen LogP contribution in [0.25, 0.3) is 0 Å². The van der Waals surface area contributed by atoms with Gasteiger partial charge in [0.15, 0.2) is 11.5 Å². The van der Waals surface area contributed by atoms with Crippen molar-refractivity contribution in [3.05, 3.63) is 42.1 Å². The van der Waals surface area contributed by atoms with Gasteiger partial charge in [0.25, 0.3) is 5.91 Å². The van der Waals surface area contributed by atoms with Gasteiger partial charge < -0.3 is 29.0 Å². The van der Waals surface area contributed by atoms with E-state index in [-0.39, 0.29) is 36.6 Å². The molecule has 1 aliphatic rings. The van der Waals surface area contributed by atoms with Gasteiger partial charge in [0.2, 0.25) is 0 Å². The smallest absolute Gasteiger partial charge is 0.411 e. The van der Waals surface area contributed by atoms with Crippen LogP contribution >= 0.6 is 0 Å². The Morgan fingerprint density at radius 2 is 1.90 bits per heavy atom. The second kappa shape index (κ2) is 11.0. The zero-order chi connectivity index (χ0) is 23.0. The molecule has 0 aromatic heterocycles. The van der Waals surface area contributed by atoms with Crippen molar-refractivity contribution in [3.63, 3.8) is 0 Å². The molecule has 0 saturated heterocycles. The number of esters is 1. The summed E-state index contributed by atoms with van der Waals surface area (Å²) in [5.74, 6) is -0.399. The molecule has 1 heterocycles. The first kappa shape index (κ1) is 23.7. The lowest BCUT2D eigenvalue weighted by Gasteiger charge is -2.24. The van der Waals surface area contributed by atoms with Crippen molar-refractivity contribution in [1.82, 2.24) is 4.90 Å². The maximum absolute atomic E-state index is 13.4. The molecule has 0 bridgehead atoms. The molecule has 1 aliphatic heterocycles. The zero-order valence-electron chi connectivity index (χ0n) is 17.7. The molecule has 2 amide bonds. The first-order valence-corrected chi connectivity index (χ1v) is 9.39. The number of ether oxygens (including phenoxy) is 4. The first-order chi connectivity index (χ1) is 14.9. The van der Waals surface area contributed by atoms with Gasteiger partial charge in [0.1, 0.15) is 6.61 Å². The molecule has 2 N–H and O–H groups in total. The van der Waals surface area contributed by atoms with Crippen LogP contribution in [-0.2, 0) is 14.3 Å². The van der Waals surface area contributed by atoms with Crippen molar-refractivity contribution in [2.75, 3.05) is 39.9 Å². The van der Waals surface area contributed by atoms with Gasteiger partial charge in [0, 0.05) is 12.3 Å². The summed E-state index contributed by atoms with van der Waals surface area (Å²) in [5.41, 5.74) is 0.852. The lowest BCUT2D eigenvalue weighted by Crippen LogP contribution is -2.36. The maximum Gasteiger partial charge on any atom is 0.411 e. The van der Waals surface area contributed by atoms with E-state index in [9.17, 15) is 19.5 Å². The summed E-state index contributed by atoms with van der Waals surface area (Å²) >= 11 is 0. The first-order valence-electron chi connectivity index (χ1n) is 9.39. The predicted molar refractivity (Wildman–Crippen MR) is 111 cm³/mol. The van der Waals surface area contributed by atoms with E-state index in [0.717, 1.165) is 0 Å². The molecular formula is C21H26N2O8. The van der Waals surface area contributed by atoms with Crippen molar-refractivity contribution in [1.29, 1.82) is 0 Å². The summed E-state index contributed by atoms with van der Waals surface area (Å²) in [6, 6.07) is 2.29. The van der Waals surface area contributed by atoms with Crippen LogP contribution in [0.15, 0.2) is 36.6 Å². The molecule has 0 saturated carbocycles. The van der Waals surface area contributed by atoms with E-state index in [1.54, 1.807) is 0 Å². The number of benzene rings is 1. The maximum atomic E-state index is 13.4. The third-order valence-corrected chi connectivity index (χ3v) is 4.58. The number of rotatable bonds is 9. The molecule has 1 aromatic carbocycles. The van der Waals surface area contributed by atoms with E-state index in [4.69, 9.17) is 14.2 Å². The van der Waals surface area contributed by atoms with Crippen LogP contribution in [0.5, 0.6) is 11.5 Å². The predicted octanol–water partition coefficient (Wildman–Crippen LogP) is 2.09. The van der Waals surface area contributed by atoms with E-state index in [0.29, 0.717) is 17.7 Å². The Kier molecular flexibility index (Phi) is 8.44. The summed E-state index contributed by atoms with van der Waals surface area (Å²) < 4.78 is 20.1. The van der Waals surface area contributed by atoms with Crippen molar-refractivity contribution < 1.29 is 38.4 Å². The molecule has 0 radical (unpaired) electrons. The third kappa shape index (κ3) is 5.76. The SMILES string of the molecule is C=CCOC(=O)Nc1cc(OC)c(OC)cc1C(=O)N1C=C(CC(=O)OC)C[C@H]1CO. The van der Waals surface area contributed by atoms with Gasteiger partial charge >= 0.3 is 12.1 Å². The molecule has 168 valence electrons. The molecule has 1 atom stereocenters. The topological polar surface area (TPSA) is 124 Å². The normalized spacial score (nSPS) is 15.0. The lowest BCUT2D eigenvalue weighted by molar-refractivity contribution is -0.139. The summed E-state index contributed by atoms with van der Waals surface area (Å²) in [6.07, 6.45) is 2.44. The van der Waals surface area contributed by atoms with Crippen LogP contribution in [0.2, 0.25) is 0 Å². The van der Waals surface area contributed by atoms with Crippen molar-refractivity contribution >= 4 is 23.7 Å². The standard InChI is InChI=1S/C21H26N2O8/c1-5-6-31-21(27)22-16-10-18(29-3)17(28-2)9-15(16)20(26)23-11-13(7-14(23)12-24)8-19(25)30-4/h5,9-11,14,24H,1,6-8,12H2,2-4H3,(H,22,27)/t14-/m0/s1. The number of anilines is 1. The van der Waals surface area contributed by atoms with Gasteiger partial charge in [-0.25, -0.2) is 4.79 Å². The quantitative estimate of drug-likeness (QED) is 0.447. The van der Waals surface area contributed by atoms with Crippen LogP contribution in [0.3, 0.4) is 0 Å². The van der Waals surface area contributed by atoms with Gasteiger partial charge in [-0.15, -0.1) is 0 Å². The van der Waals surface area contributed by atoms with Gasteiger partial charge in [0.05, 0.1) is 51.6 Å². The molecule has 0 fully saturated rings. The largest absolute Gasteiger partial charge is 0.493 e. The van der Waals surface area contributed by atoms with Crippen molar-refractivity contribution in [2.45, 2.75) is 18.9 Å². The number of carbonyl (C=O) groups is 3. The highest BCUT2D eigenvalue weighted by Gasteiger charge is 2.32. The van der Waals surface area contributed by atoms with Crippen LogP contribution < -0.4 is 14.8 Å².